The van der Waals surface area contributed by atoms with Crippen LogP contribution in [0.1, 0.15) is 36.8 Å². The molecule has 3 rings (SSSR count). The highest BCUT2D eigenvalue weighted by atomic mass is 16.4. The molecule has 0 aliphatic carbocycles. The quantitative estimate of drug-likeness (QED) is 0.927. The molecule has 0 radical (unpaired) electrons. The first-order chi connectivity index (χ1) is 11.0. The summed E-state index contributed by atoms with van der Waals surface area (Å²) in [7, 11) is 0. The number of hydrogen-bond donors (Lipinski definition) is 1. The van der Waals surface area contributed by atoms with Gasteiger partial charge in [-0.2, -0.15) is 10.1 Å². The van der Waals surface area contributed by atoms with Crippen molar-refractivity contribution in [2.45, 2.75) is 46.1 Å². The summed E-state index contributed by atoms with van der Waals surface area (Å²) in [6.07, 6.45) is 2.26. The minimum Gasteiger partial charge on any atom is -0.480 e. The van der Waals surface area contributed by atoms with E-state index in [0.29, 0.717) is 24.7 Å². The lowest BCUT2D eigenvalue weighted by atomic mass is 10.2. The molecule has 3 heterocycles. The van der Waals surface area contributed by atoms with Crippen molar-refractivity contribution in [3.8, 4) is 5.95 Å². The number of aryl methyl sites for hydroxylation is 3. The zero-order chi connectivity index (χ0) is 16.6. The van der Waals surface area contributed by atoms with Crippen LogP contribution in [-0.2, 0) is 11.2 Å². The van der Waals surface area contributed by atoms with Crippen molar-refractivity contribution in [1.29, 1.82) is 0 Å². The van der Waals surface area contributed by atoms with Crippen molar-refractivity contribution in [3.63, 3.8) is 0 Å². The fraction of sp³-hybridized carbons (Fsp3) is 0.500. The number of aliphatic carboxylic acids is 1. The van der Waals surface area contributed by atoms with Crippen molar-refractivity contribution in [1.82, 2.24) is 19.7 Å². The molecule has 0 saturated carbocycles. The normalized spacial score (nSPS) is 17.7. The predicted molar refractivity (Wildman–Crippen MR) is 86.0 cm³/mol. The van der Waals surface area contributed by atoms with E-state index in [1.807, 2.05) is 37.8 Å². The standard InChI is InChI=1S/C16H21N5O2/c1-4-12-9-14(20-7-5-6-13(20)15(22)23)18-16(17-12)21-11(3)8-10(2)19-21/h8-9,13H,4-7H2,1-3H3,(H,22,23). The lowest BCUT2D eigenvalue weighted by Crippen LogP contribution is -2.36. The number of carboxylic acid groups (broad SMARTS) is 1. The number of nitrogens with zero attached hydrogens (tertiary/aromatic N) is 5. The Labute approximate surface area is 135 Å². The minimum atomic E-state index is -0.799. The molecule has 0 aromatic carbocycles. The second-order valence-corrected chi connectivity index (χ2v) is 5.90. The molecule has 2 aromatic heterocycles. The maximum Gasteiger partial charge on any atom is 0.326 e. The SMILES string of the molecule is CCc1cc(N2CCCC2C(=O)O)nc(-n2nc(C)cc2C)n1. The van der Waals surface area contributed by atoms with Gasteiger partial charge >= 0.3 is 5.97 Å². The third-order valence-corrected chi connectivity index (χ3v) is 4.15. The molecule has 1 saturated heterocycles. The first-order valence-electron chi connectivity index (χ1n) is 7.90. The average Bonchev–Trinajstić information content (AvgIpc) is 3.13. The molecule has 1 atom stereocenters. The molecule has 1 unspecified atom stereocenters. The summed E-state index contributed by atoms with van der Waals surface area (Å²) in [6, 6.07) is 3.34. The van der Waals surface area contributed by atoms with E-state index < -0.39 is 12.0 Å². The van der Waals surface area contributed by atoms with Crippen LogP contribution in [-0.4, -0.2) is 43.4 Å². The van der Waals surface area contributed by atoms with E-state index in [-0.39, 0.29) is 0 Å². The van der Waals surface area contributed by atoms with Crippen LogP contribution in [0.25, 0.3) is 5.95 Å². The number of carbonyl (C=O) groups is 1. The lowest BCUT2D eigenvalue weighted by molar-refractivity contribution is -0.138. The number of hydrogen-bond acceptors (Lipinski definition) is 5. The van der Waals surface area contributed by atoms with Gasteiger partial charge in [-0.15, -0.1) is 0 Å². The monoisotopic (exact) mass is 315 g/mol. The summed E-state index contributed by atoms with van der Waals surface area (Å²) in [4.78, 5) is 22.5. The molecule has 23 heavy (non-hydrogen) atoms. The highest BCUT2D eigenvalue weighted by Gasteiger charge is 2.32. The third kappa shape index (κ3) is 2.91. The van der Waals surface area contributed by atoms with Crippen molar-refractivity contribution < 1.29 is 9.90 Å². The molecule has 7 nitrogen and oxygen atoms in total. The van der Waals surface area contributed by atoms with Gasteiger partial charge in [-0.25, -0.2) is 14.5 Å². The summed E-state index contributed by atoms with van der Waals surface area (Å²) < 4.78 is 1.71. The van der Waals surface area contributed by atoms with Gasteiger partial charge in [0.2, 0.25) is 0 Å². The van der Waals surface area contributed by atoms with Gasteiger partial charge in [0.1, 0.15) is 11.9 Å². The van der Waals surface area contributed by atoms with Crippen LogP contribution in [0.3, 0.4) is 0 Å². The molecule has 1 aliphatic rings. The Balaban J connectivity index is 2.06. The van der Waals surface area contributed by atoms with E-state index in [0.717, 1.165) is 29.9 Å². The Hall–Kier alpha value is -2.44. The average molecular weight is 315 g/mol. The van der Waals surface area contributed by atoms with Gasteiger partial charge in [-0.1, -0.05) is 6.92 Å². The molecule has 0 amide bonds. The minimum absolute atomic E-state index is 0.501. The van der Waals surface area contributed by atoms with Crippen LogP contribution in [0.2, 0.25) is 0 Å². The zero-order valence-electron chi connectivity index (χ0n) is 13.7. The van der Waals surface area contributed by atoms with Crippen LogP contribution in [0, 0.1) is 13.8 Å². The van der Waals surface area contributed by atoms with Crippen molar-refractivity contribution in [3.05, 3.63) is 29.2 Å². The van der Waals surface area contributed by atoms with Crippen LogP contribution < -0.4 is 4.90 Å². The Morgan fingerprint density at radius 1 is 1.35 bits per heavy atom. The summed E-state index contributed by atoms with van der Waals surface area (Å²) >= 11 is 0. The number of aromatic nitrogens is 4. The third-order valence-electron chi connectivity index (χ3n) is 4.15. The Bertz CT molecular complexity index is 740. The smallest absolute Gasteiger partial charge is 0.326 e. The van der Waals surface area contributed by atoms with Gasteiger partial charge in [0, 0.05) is 24.0 Å². The Kier molecular flexibility index (Phi) is 4.02. The van der Waals surface area contributed by atoms with Gasteiger partial charge in [-0.05, 0) is 39.2 Å². The maximum atomic E-state index is 11.4. The molecule has 1 N–H and O–H groups in total. The van der Waals surface area contributed by atoms with Crippen molar-refractivity contribution >= 4 is 11.8 Å². The largest absolute Gasteiger partial charge is 0.480 e. The number of carboxylic acids is 1. The van der Waals surface area contributed by atoms with E-state index in [9.17, 15) is 9.90 Å². The van der Waals surface area contributed by atoms with Crippen LogP contribution in [0.4, 0.5) is 5.82 Å². The van der Waals surface area contributed by atoms with Crippen LogP contribution >= 0.6 is 0 Å². The predicted octanol–water partition coefficient (Wildman–Crippen LogP) is 1.89. The van der Waals surface area contributed by atoms with Gasteiger partial charge in [0.05, 0.1) is 5.69 Å². The van der Waals surface area contributed by atoms with Gasteiger partial charge in [-0.3, -0.25) is 0 Å². The second kappa shape index (κ2) is 5.98. The molecule has 1 fully saturated rings. The molecule has 7 heteroatoms. The first-order valence-corrected chi connectivity index (χ1v) is 7.90. The van der Waals surface area contributed by atoms with Gasteiger partial charge < -0.3 is 10.0 Å². The molecule has 2 aromatic rings. The zero-order valence-corrected chi connectivity index (χ0v) is 13.7. The van der Waals surface area contributed by atoms with E-state index in [1.165, 1.54) is 0 Å². The highest BCUT2D eigenvalue weighted by molar-refractivity contribution is 5.78. The summed E-state index contributed by atoms with van der Waals surface area (Å²) in [5.74, 6) is 0.372. The van der Waals surface area contributed by atoms with E-state index in [4.69, 9.17) is 0 Å². The molecule has 1 aliphatic heterocycles. The van der Waals surface area contributed by atoms with E-state index in [1.54, 1.807) is 4.68 Å². The van der Waals surface area contributed by atoms with E-state index >= 15 is 0 Å². The number of anilines is 1. The van der Waals surface area contributed by atoms with Crippen molar-refractivity contribution in [2.24, 2.45) is 0 Å². The van der Waals surface area contributed by atoms with E-state index in [2.05, 4.69) is 15.1 Å². The molecule has 0 spiro atoms. The number of rotatable bonds is 4. The van der Waals surface area contributed by atoms with Crippen LogP contribution in [0.5, 0.6) is 0 Å². The summed E-state index contributed by atoms with van der Waals surface area (Å²) in [5.41, 5.74) is 2.74. The second-order valence-electron chi connectivity index (χ2n) is 5.90. The topological polar surface area (TPSA) is 84.1 Å². The maximum absolute atomic E-state index is 11.4. The fourth-order valence-electron chi connectivity index (χ4n) is 3.02. The van der Waals surface area contributed by atoms with Crippen LogP contribution in [0.15, 0.2) is 12.1 Å². The highest BCUT2D eigenvalue weighted by Crippen LogP contribution is 2.25. The molecular weight excluding hydrogens is 294 g/mol. The Morgan fingerprint density at radius 2 is 2.13 bits per heavy atom. The molecule has 0 bridgehead atoms. The molecule has 122 valence electrons. The summed E-state index contributed by atoms with van der Waals surface area (Å²) in [5, 5.41) is 13.8. The Morgan fingerprint density at radius 3 is 2.74 bits per heavy atom. The first kappa shape index (κ1) is 15.5. The van der Waals surface area contributed by atoms with Crippen molar-refractivity contribution in [2.75, 3.05) is 11.4 Å². The van der Waals surface area contributed by atoms with Gasteiger partial charge in [0.15, 0.2) is 0 Å². The summed E-state index contributed by atoms with van der Waals surface area (Å²) in [6.45, 7) is 6.61. The van der Waals surface area contributed by atoms with Gasteiger partial charge in [0.25, 0.3) is 5.95 Å². The fourth-order valence-corrected chi connectivity index (χ4v) is 3.02. The molecular formula is C16H21N5O2. The lowest BCUT2D eigenvalue weighted by Gasteiger charge is -2.23.